The minimum Gasteiger partial charge on any atom is -0.492 e. The van der Waals surface area contributed by atoms with Crippen molar-refractivity contribution in [1.29, 1.82) is 0 Å². The molecule has 3 heterocycles. The number of aryl methyl sites for hydroxylation is 1. The number of quaternary nitrogens is 1. The molecule has 3 aromatic rings. The summed E-state index contributed by atoms with van der Waals surface area (Å²) in [5.74, 6) is 2.90. The van der Waals surface area contributed by atoms with Gasteiger partial charge in [0.25, 0.3) is 0 Å². The molecule has 0 aliphatic carbocycles. The molecular weight excluding hydrogens is 358 g/mol. The van der Waals surface area contributed by atoms with Gasteiger partial charge in [0, 0.05) is 6.42 Å². The van der Waals surface area contributed by atoms with Gasteiger partial charge in [0.2, 0.25) is 18.4 Å². The summed E-state index contributed by atoms with van der Waals surface area (Å²) in [5.41, 5.74) is 4.39. The molecule has 0 fully saturated rings. The van der Waals surface area contributed by atoms with Crippen molar-refractivity contribution in [2.45, 2.75) is 19.4 Å². The van der Waals surface area contributed by atoms with Crippen LogP contribution in [-0.4, -0.2) is 47.7 Å². The molecule has 2 atom stereocenters. The molecule has 0 bridgehead atoms. The Labute approximate surface area is 162 Å². The fraction of sp³-hybridized carbons (Fsp3) is 0.350. The Bertz CT molecular complexity index is 1030. The number of methoxy groups -OCH3 is 1. The van der Waals surface area contributed by atoms with E-state index in [1.165, 1.54) is 16.0 Å². The third kappa shape index (κ3) is 2.52. The number of ether oxygens (including phenoxy) is 3. The predicted molar refractivity (Wildman–Crippen MR) is 100 cm³/mol. The second-order valence-electron chi connectivity index (χ2n) is 7.28. The summed E-state index contributed by atoms with van der Waals surface area (Å²) in [6.07, 6.45) is 0.927. The average molecular weight is 380 g/mol. The smallest absolute Gasteiger partial charge is 0.231 e. The first-order chi connectivity index (χ1) is 13.7. The van der Waals surface area contributed by atoms with E-state index in [0.717, 1.165) is 35.8 Å². The van der Waals surface area contributed by atoms with Crippen LogP contribution >= 0.6 is 0 Å². The fourth-order valence-corrected chi connectivity index (χ4v) is 4.12. The topological polar surface area (TPSA) is 75.7 Å². The maximum Gasteiger partial charge on any atom is 0.231 e. The van der Waals surface area contributed by atoms with Crippen LogP contribution in [0, 0.1) is 6.92 Å². The zero-order valence-corrected chi connectivity index (χ0v) is 16.1. The van der Waals surface area contributed by atoms with Gasteiger partial charge in [0.05, 0.1) is 32.0 Å². The number of likely N-dealkylation sites (N-methyl/N-ethyl adjacent to an activating group) is 1. The second-order valence-corrected chi connectivity index (χ2v) is 7.28. The molecule has 0 saturated carbocycles. The third-order valence-corrected chi connectivity index (χ3v) is 5.55. The first-order valence-corrected chi connectivity index (χ1v) is 9.34. The second kappa shape index (κ2) is 6.49. The quantitative estimate of drug-likeness (QED) is 0.727. The zero-order chi connectivity index (χ0) is 19.3. The van der Waals surface area contributed by atoms with Crippen LogP contribution in [0.3, 0.4) is 0 Å². The molecule has 8 nitrogen and oxygen atoms in total. The molecule has 0 saturated heterocycles. The molecule has 1 N–H and O–H groups in total. The molecular formula is C20H22N5O3+. The van der Waals surface area contributed by atoms with Crippen LogP contribution in [0.2, 0.25) is 0 Å². The van der Waals surface area contributed by atoms with Crippen molar-refractivity contribution in [2.24, 2.45) is 0 Å². The number of hydrogen-bond donors (Lipinski definition) is 1. The highest BCUT2D eigenvalue weighted by atomic mass is 16.7. The highest BCUT2D eigenvalue weighted by molar-refractivity contribution is 5.62. The van der Waals surface area contributed by atoms with Gasteiger partial charge in [-0.1, -0.05) is 17.7 Å². The van der Waals surface area contributed by atoms with E-state index in [1.54, 1.807) is 7.11 Å². The molecule has 1 aromatic heterocycles. The van der Waals surface area contributed by atoms with Crippen molar-refractivity contribution in [2.75, 3.05) is 27.5 Å². The summed E-state index contributed by atoms with van der Waals surface area (Å²) in [4.78, 5) is 1.30. The number of tetrazole rings is 1. The Morgan fingerprint density at radius 3 is 2.82 bits per heavy atom. The van der Waals surface area contributed by atoms with Crippen LogP contribution in [0.4, 0.5) is 0 Å². The minimum atomic E-state index is -0.0792. The van der Waals surface area contributed by atoms with Crippen LogP contribution in [0.5, 0.6) is 17.2 Å². The van der Waals surface area contributed by atoms with Gasteiger partial charge in [-0.3, -0.25) is 0 Å². The Balaban J connectivity index is 1.69. The molecule has 2 aliphatic heterocycles. The number of fused-ring (bicyclic) bond motifs is 2. The van der Waals surface area contributed by atoms with Crippen LogP contribution in [0.25, 0.3) is 5.69 Å². The molecule has 28 heavy (non-hydrogen) atoms. The van der Waals surface area contributed by atoms with Crippen molar-refractivity contribution in [3.63, 3.8) is 0 Å². The molecule has 0 amide bonds. The minimum absolute atomic E-state index is 0.0792. The summed E-state index contributed by atoms with van der Waals surface area (Å²) in [5, 5.41) is 12.7. The number of benzene rings is 2. The SMILES string of the molecule is COc1c2c(cc3c1[C@H](c1nnnn1-c1ccc(C)cc1)[NH+](C)CC3)OCO2. The summed E-state index contributed by atoms with van der Waals surface area (Å²) >= 11 is 0. The molecule has 5 rings (SSSR count). The maximum absolute atomic E-state index is 5.80. The Morgan fingerprint density at radius 2 is 2.04 bits per heavy atom. The largest absolute Gasteiger partial charge is 0.492 e. The fourth-order valence-electron chi connectivity index (χ4n) is 4.12. The molecule has 1 unspecified atom stereocenters. The molecule has 144 valence electrons. The van der Waals surface area contributed by atoms with Gasteiger partial charge >= 0.3 is 0 Å². The van der Waals surface area contributed by atoms with Crippen LogP contribution in [0.1, 0.15) is 28.6 Å². The lowest BCUT2D eigenvalue weighted by molar-refractivity contribution is -0.909. The number of nitrogens with one attached hydrogen (secondary N) is 1. The van der Waals surface area contributed by atoms with E-state index in [9.17, 15) is 0 Å². The zero-order valence-electron chi connectivity index (χ0n) is 16.1. The van der Waals surface area contributed by atoms with Gasteiger partial charge in [-0.2, -0.15) is 4.68 Å². The summed E-state index contributed by atoms with van der Waals surface area (Å²) < 4.78 is 18.9. The normalized spacial score (nSPS) is 20.1. The summed E-state index contributed by atoms with van der Waals surface area (Å²) in [7, 11) is 3.83. The molecule has 0 spiro atoms. The monoisotopic (exact) mass is 380 g/mol. The van der Waals surface area contributed by atoms with Gasteiger partial charge in [-0.05, 0) is 41.1 Å². The molecule has 8 heteroatoms. The van der Waals surface area contributed by atoms with Crippen molar-refractivity contribution in [1.82, 2.24) is 20.2 Å². The van der Waals surface area contributed by atoms with Crippen molar-refractivity contribution < 1.29 is 19.1 Å². The van der Waals surface area contributed by atoms with Crippen molar-refractivity contribution in [3.8, 4) is 22.9 Å². The molecule has 2 aromatic carbocycles. The Morgan fingerprint density at radius 1 is 1.21 bits per heavy atom. The molecule has 0 radical (unpaired) electrons. The van der Waals surface area contributed by atoms with E-state index < -0.39 is 0 Å². The molecule has 2 aliphatic rings. The van der Waals surface area contributed by atoms with Gasteiger partial charge in [0.15, 0.2) is 17.5 Å². The maximum atomic E-state index is 5.80. The number of aromatic nitrogens is 4. The lowest BCUT2D eigenvalue weighted by Gasteiger charge is -2.32. The first kappa shape index (κ1) is 17.0. The van der Waals surface area contributed by atoms with E-state index in [1.807, 2.05) is 16.8 Å². The van der Waals surface area contributed by atoms with Gasteiger partial charge in [-0.15, -0.1) is 5.10 Å². The van der Waals surface area contributed by atoms with Gasteiger partial charge < -0.3 is 19.1 Å². The number of nitrogens with zero attached hydrogens (tertiary/aromatic N) is 4. The standard InChI is InChI=1S/C20H21N5O3/c1-12-4-6-14(7-5-12)25-20(21-22-23-25)17-16-13(8-9-24(17)2)10-15-18(19(16)26-3)28-11-27-15/h4-7,10,17H,8-9,11H2,1-3H3/p+1/t17-/m1/s1. The van der Waals surface area contributed by atoms with E-state index >= 15 is 0 Å². The summed E-state index contributed by atoms with van der Waals surface area (Å²) in [6, 6.07) is 10.2. The number of rotatable bonds is 3. The average Bonchev–Trinajstić information content (AvgIpc) is 3.36. The van der Waals surface area contributed by atoms with Crippen LogP contribution in [-0.2, 0) is 6.42 Å². The highest BCUT2D eigenvalue weighted by Crippen LogP contribution is 2.48. The van der Waals surface area contributed by atoms with E-state index in [0.29, 0.717) is 11.5 Å². The van der Waals surface area contributed by atoms with Gasteiger partial charge in [0.1, 0.15) is 0 Å². The van der Waals surface area contributed by atoms with E-state index in [-0.39, 0.29) is 12.8 Å². The van der Waals surface area contributed by atoms with E-state index in [4.69, 9.17) is 14.2 Å². The van der Waals surface area contributed by atoms with E-state index in [2.05, 4.69) is 47.7 Å². The Hall–Kier alpha value is -3.13. The van der Waals surface area contributed by atoms with Crippen molar-refractivity contribution in [3.05, 3.63) is 52.8 Å². The van der Waals surface area contributed by atoms with Crippen LogP contribution in [0.15, 0.2) is 30.3 Å². The third-order valence-electron chi connectivity index (χ3n) is 5.55. The first-order valence-electron chi connectivity index (χ1n) is 9.34. The Kier molecular flexibility index (Phi) is 3.94. The lowest BCUT2D eigenvalue weighted by atomic mass is 9.90. The predicted octanol–water partition coefficient (Wildman–Crippen LogP) is 0.868. The number of hydrogen-bond acceptors (Lipinski definition) is 6. The van der Waals surface area contributed by atoms with Crippen molar-refractivity contribution >= 4 is 0 Å². The van der Waals surface area contributed by atoms with Crippen LogP contribution < -0.4 is 19.1 Å². The highest BCUT2D eigenvalue weighted by Gasteiger charge is 2.40. The van der Waals surface area contributed by atoms with Gasteiger partial charge in [-0.25, -0.2) is 0 Å². The lowest BCUT2D eigenvalue weighted by Crippen LogP contribution is -3.10. The summed E-state index contributed by atoms with van der Waals surface area (Å²) in [6.45, 7) is 3.23.